The van der Waals surface area contributed by atoms with Crippen molar-refractivity contribution in [1.82, 2.24) is 0 Å². The summed E-state index contributed by atoms with van der Waals surface area (Å²) in [6.07, 6.45) is 0. The van der Waals surface area contributed by atoms with Crippen molar-refractivity contribution in [2.75, 3.05) is 32.6 Å². The number of nitrogens with two attached hydrogens (primary N) is 1. The number of nitrogens with one attached hydrogen (secondary N) is 1. The van der Waals surface area contributed by atoms with E-state index in [9.17, 15) is 0 Å². The molecule has 3 N–H and O–H groups in total. The lowest BCUT2D eigenvalue weighted by Crippen LogP contribution is -2.14. The molecule has 1 unspecified atom stereocenters. The summed E-state index contributed by atoms with van der Waals surface area (Å²) in [5, 5.41) is 3.31. The molecule has 1 aromatic rings. The van der Waals surface area contributed by atoms with Gasteiger partial charge in [0, 0.05) is 24.6 Å². The van der Waals surface area contributed by atoms with Crippen molar-refractivity contribution in [2.45, 2.75) is 5.92 Å². The Morgan fingerprint density at radius 1 is 1.33 bits per heavy atom. The number of hydrogen-bond acceptors (Lipinski definition) is 4. The highest BCUT2D eigenvalue weighted by Gasteiger charge is 2.27. The summed E-state index contributed by atoms with van der Waals surface area (Å²) in [5.74, 6) is 2.04. The lowest BCUT2D eigenvalue weighted by molar-refractivity contribution is 0.400. The van der Waals surface area contributed by atoms with Gasteiger partial charge < -0.3 is 20.5 Å². The van der Waals surface area contributed by atoms with Gasteiger partial charge in [0.05, 0.1) is 19.9 Å². The number of methoxy groups -OCH3 is 2. The second kappa shape index (κ2) is 3.98. The first-order valence-corrected chi connectivity index (χ1v) is 5.00. The second-order valence-corrected chi connectivity index (χ2v) is 3.57. The van der Waals surface area contributed by atoms with Gasteiger partial charge in [-0.1, -0.05) is 0 Å². The molecule has 0 radical (unpaired) electrons. The zero-order valence-electron chi connectivity index (χ0n) is 9.04. The molecule has 0 bridgehead atoms. The lowest BCUT2D eigenvalue weighted by Gasteiger charge is -2.13. The van der Waals surface area contributed by atoms with Crippen molar-refractivity contribution in [2.24, 2.45) is 5.73 Å². The fourth-order valence-corrected chi connectivity index (χ4v) is 2.04. The SMILES string of the molecule is COc1ccc(OC)c2c1NCC2CN. The third-order valence-corrected chi connectivity index (χ3v) is 2.83. The molecule has 0 saturated heterocycles. The van der Waals surface area contributed by atoms with Crippen LogP contribution in [0.4, 0.5) is 5.69 Å². The fourth-order valence-electron chi connectivity index (χ4n) is 2.04. The molecular formula is C11H16N2O2. The molecule has 0 fully saturated rings. The Kier molecular flexibility index (Phi) is 2.68. The van der Waals surface area contributed by atoms with Crippen LogP contribution in [0.5, 0.6) is 11.5 Å². The van der Waals surface area contributed by atoms with Crippen LogP contribution in [0, 0.1) is 0 Å². The van der Waals surface area contributed by atoms with E-state index in [1.807, 2.05) is 12.1 Å². The fraction of sp³-hybridized carbons (Fsp3) is 0.455. The van der Waals surface area contributed by atoms with Gasteiger partial charge in [-0.05, 0) is 12.1 Å². The van der Waals surface area contributed by atoms with Crippen molar-refractivity contribution < 1.29 is 9.47 Å². The van der Waals surface area contributed by atoms with E-state index in [0.29, 0.717) is 12.5 Å². The maximum atomic E-state index is 5.73. The van der Waals surface area contributed by atoms with Crippen molar-refractivity contribution in [1.29, 1.82) is 0 Å². The molecule has 1 aliphatic heterocycles. The summed E-state index contributed by atoms with van der Waals surface area (Å²) in [6.45, 7) is 1.46. The topological polar surface area (TPSA) is 56.5 Å². The molecule has 1 heterocycles. The van der Waals surface area contributed by atoms with Crippen LogP contribution in [0.25, 0.3) is 0 Å². The maximum absolute atomic E-state index is 5.73. The molecule has 0 saturated carbocycles. The number of benzene rings is 1. The molecule has 1 atom stereocenters. The summed E-state index contributed by atoms with van der Waals surface area (Å²) >= 11 is 0. The van der Waals surface area contributed by atoms with Gasteiger partial charge in [0.25, 0.3) is 0 Å². The van der Waals surface area contributed by atoms with E-state index < -0.39 is 0 Å². The van der Waals surface area contributed by atoms with E-state index in [1.165, 1.54) is 0 Å². The number of fused-ring (bicyclic) bond motifs is 1. The lowest BCUT2D eigenvalue weighted by atomic mass is 10.00. The van der Waals surface area contributed by atoms with Crippen LogP contribution in [0.2, 0.25) is 0 Å². The van der Waals surface area contributed by atoms with Crippen molar-refractivity contribution in [3.8, 4) is 11.5 Å². The van der Waals surface area contributed by atoms with Gasteiger partial charge >= 0.3 is 0 Å². The number of ether oxygens (including phenoxy) is 2. The van der Waals surface area contributed by atoms with Gasteiger partial charge in [-0.2, -0.15) is 0 Å². The molecule has 0 aromatic heterocycles. The normalized spacial score (nSPS) is 18.2. The summed E-state index contributed by atoms with van der Waals surface area (Å²) in [6, 6.07) is 3.83. The second-order valence-electron chi connectivity index (χ2n) is 3.57. The standard InChI is InChI=1S/C11H16N2O2/c1-14-8-3-4-9(15-2)11-10(8)7(5-12)6-13-11/h3-4,7,13H,5-6,12H2,1-2H3. The van der Waals surface area contributed by atoms with Crippen LogP contribution in [0.15, 0.2) is 12.1 Å². The summed E-state index contributed by atoms with van der Waals surface area (Å²) in [4.78, 5) is 0. The quantitative estimate of drug-likeness (QED) is 0.783. The van der Waals surface area contributed by atoms with E-state index in [2.05, 4.69) is 5.32 Å². The van der Waals surface area contributed by atoms with Crippen LogP contribution in [-0.2, 0) is 0 Å². The first-order chi connectivity index (χ1) is 7.31. The largest absolute Gasteiger partial charge is 0.496 e. The highest BCUT2D eigenvalue weighted by atomic mass is 16.5. The average Bonchev–Trinajstić information content (AvgIpc) is 2.71. The van der Waals surface area contributed by atoms with E-state index in [4.69, 9.17) is 15.2 Å². The first kappa shape index (κ1) is 10.1. The molecule has 1 aromatic carbocycles. The number of rotatable bonds is 3. The molecule has 0 aliphatic carbocycles. The predicted octanol–water partition coefficient (Wildman–Crippen LogP) is 1.17. The zero-order valence-corrected chi connectivity index (χ0v) is 9.04. The maximum Gasteiger partial charge on any atom is 0.142 e. The smallest absolute Gasteiger partial charge is 0.142 e. The van der Waals surface area contributed by atoms with Crippen molar-refractivity contribution >= 4 is 5.69 Å². The van der Waals surface area contributed by atoms with E-state index in [0.717, 1.165) is 29.3 Å². The monoisotopic (exact) mass is 208 g/mol. The minimum Gasteiger partial charge on any atom is -0.496 e. The first-order valence-electron chi connectivity index (χ1n) is 5.00. The van der Waals surface area contributed by atoms with Crippen LogP contribution in [0.3, 0.4) is 0 Å². The Morgan fingerprint density at radius 3 is 2.60 bits per heavy atom. The molecular weight excluding hydrogens is 192 g/mol. The Morgan fingerprint density at radius 2 is 2.00 bits per heavy atom. The Balaban J connectivity index is 2.52. The Labute approximate surface area is 89.4 Å². The average molecular weight is 208 g/mol. The zero-order chi connectivity index (χ0) is 10.8. The van der Waals surface area contributed by atoms with Gasteiger partial charge in [-0.3, -0.25) is 0 Å². The number of anilines is 1. The van der Waals surface area contributed by atoms with Crippen molar-refractivity contribution in [3.05, 3.63) is 17.7 Å². The van der Waals surface area contributed by atoms with Gasteiger partial charge in [0.1, 0.15) is 11.5 Å². The van der Waals surface area contributed by atoms with Crippen LogP contribution >= 0.6 is 0 Å². The van der Waals surface area contributed by atoms with E-state index >= 15 is 0 Å². The van der Waals surface area contributed by atoms with Gasteiger partial charge in [-0.15, -0.1) is 0 Å². The minimum atomic E-state index is 0.310. The van der Waals surface area contributed by atoms with E-state index in [1.54, 1.807) is 14.2 Å². The molecule has 15 heavy (non-hydrogen) atoms. The van der Waals surface area contributed by atoms with E-state index in [-0.39, 0.29) is 0 Å². The van der Waals surface area contributed by atoms with Gasteiger partial charge in [0.2, 0.25) is 0 Å². The predicted molar refractivity (Wildman–Crippen MR) is 59.8 cm³/mol. The number of hydrogen-bond donors (Lipinski definition) is 2. The summed E-state index contributed by atoms with van der Waals surface area (Å²) < 4.78 is 10.6. The Hall–Kier alpha value is -1.42. The highest BCUT2D eigenvalue weighted by Crippen LogP contribution is 2.43. The molecule has 4 heteroatoms. The molecule has 4 nitrogen and oxygen atoms in total. The molecule has 0 amide bonds. The van der Waals surface area contributed by atoms with Crippen LogP contribution < -0.4 is 20.5 Å². The van der Waals surface area contributed by atoms with Crippen LogP contribution in [-0.4, -0.2) is 27.3 Å². The molecule has 2 rings (SSSR count). The Bertz CT molecular complexity index is 366. The molecule has 82 valence electrons. The minimum absolute atomic E-state index is 0.310. The molecule has 0 spiro atoms. The molecule has 1 aliphatic rings. The summed E-state index contributed by atoms with van der Waals surface area (Å²) in [7, 11) is 3.34. The third kappa shape index (κ3) is 1.51. The van der Waals surface area contributed by atoms with Gasteiger partial charge in [0.15, 0.2) is 0 Å². The third-order valence-electron chi connectivity index (χ3n) is 2.83. The van der Waals surface area contributed by atoms with Gasteiger partial charge in [-0.25, -0.2) is 0 Å². The highest BCUT2D eigenvalue weighted by molar-refractivity contribution is 5.71. The van der Waals surface area contributed by atoms with Crippen molar-refractivity contribution in [3.63, 3.8) is 0 Å². The van der Waals surface area contributed by atoms with Crippen LogP contribution in [0.1, 0.15) is 11.5 Å². The summed E-state index contributed by atoms with van der Waals surface area (Å²) in [5.41, 5.74) is 7.89.